The summed E-state index contributed by atoms with van der Waals surface area (Å²) in [4.78, 5) is 27.7. The first-order chi connectivity index (χ1) is 9.60. The Kier molecular flexibility index (Phi) is 5.40. The maximum atomic E-state index is 12.3. The third-order valence-electron chi connectivity index (χ3n) is 4.80. The number of nitrogens with zero attached hydrogens (tertiary/aromatic N) is 2. The van der Waals surface area contributed by atoms with Crippen LogP contribution in [0.4, 0.5) is 0 Å². The van der Waals surface area contributed by atoms with Crippen molar-refractivity contribution in [2.75, 3.05) is 32.7 Å². The van der Waals surface area contributed by atoms with Gasteiger partial charge in [-0.25, -0.2) is 0 Å². The highest BCUT2D eigenvalue weighted by Gasteiger charge is 2.27. The number of piperidine rings is 2. The third-order valence-corrected chi connectivity index (χ3v) is 4.80. The van der Waals surface area contributed by atoms with Gasteiger partial charge in [-0.1, -0.05) is 13.3 Å². The standard InChI is InChI=1S/C15H27N3O2/c1-2-12-4-3-7-18(10-12)14(19)11-17-8-5-13(6-9-17)15(16)20/h12-13H,2-11H2,1H3,(H2,16,20). The summed E-state index contributed by atoms with van der Waals surface area (Å²) in [6.07, 6.45) is 5.13. The van der Waals surface area contributed by atoms with Crippen LogP contribution in [0, 0.1) is 11.8 Å². The van der Waals surface area contributed by atoms with Gasteiger partial charge in [-0.3, -0.25) is 14.5 Å². The molecule has 0 aliphatic carbocycles. The lowest BCUT2D eigenvalue weighted by Gasteiger charge is -2.35. The van der Waals surface area contributed by atoms with Crippen LogP contribution in [0.25, 0.3) is 0 Å². The Labute approximate surface area is 121 Å². The van der Waals surface area contributed by atoms with Gasteiger partial charge in [-0.15, -0.1) is 0 Å². The topological polar surface area (TPSA) is 66.6 Å². The van der Waals surface area contributed by atoms with Crippen LogP contribution < -0.4 is 5.73 Å². The number of hydrogen-bond acceptors (Lipinski definition) is 3. The first kappa shape index (κ1) is 15.3. The maximum absolute atomic E-state index is 12.3. The molecule has 5 nitrogen and oxygen atoms in total. The molecule has 1 unspecified atom stereocenters. The molecule has 0 aromatic carbocycles. The molecule has 2 rings (SSSR count). The van der Waals surface area contributed by atoms with Gasteiger partial charge in [0.15, 0.2) is 0 Å². The SMILES string of the molecule is CCC1CCCN(C(=O)CN2CCC(C(N)=O)CC2)C1. The molecule has 0 aromatic rings. The van der Waals surface area contributed by atoms with E-state index in [9.17, 15) is 9.59 Å². The molecular weight excluding hydrogens is 254 g/mol. The maximum Gasteiger partial charge on any atom is 0.236 e. The van der Waals surface area contributed by atoms with E-state index in [1.807, 2.05) is 4.90 Å². The van der Waals surface area contributed by atoms with E-state index < -0.39 is 0 Å². The molecule has 2 heterocycles. The van der Waals surface area contributed by atoms with Gasteiger partial charge in [0.05, 0.1) is 6.54 Å². The first-order valence-electron chi connectivity index (χ1n) is 7.89. The predicted octanol–water partition coefficient (Wildman–Crippen LogP) is 0.832. The molecule has 2 fully saturated rings. The van der Waals surface area contributed by atoms with E-state index in [0.717, 1.165) is 51.9 Å². The highest BCUT2D eigenvalue weighted by atomic mass is 16.2. The summed E-state index contributed by atoms with van der Waals surface area (Å²) in [6.45, 7) is 6.16. The zero-order valence-corrected chi connectivity index (χ0v) is 12.5. The van der Waals surface area contributed by atoms with Gasteiger partial charge in [0, 0.05) is 19.0 Å². The predicted molar refractivity (Wildman–Crippen MR) is 78.0 cm³/mol. The molecule has 2 saturated heterocycles. The van der Waals surface area contributed by atoms with Crippen molar-refractivity contribution in [2.24, 2.45) is 17.6 Å². The molecule has 114 valence electrons. The first-order valence-corrected chi connectivity index (χ1v) is 7.89. The van der Waals surface area contributed by atoms with E-state index in [1.54, 1.807) is 0 Å². The molecule has 2 amide bonds. The molecule has 2 aliphatic rings. The van der Waals surface area contributed by atoms with E-state index in [4.69, 9.17) is 5.73 Å². The highest BCUT2D eigenvalue weighted by Crippen LogP contribution is 2.20. The summed E-state index contributed by atoms with van der Waals surface area (Å²) < 4.78 is 0. The van der Waals surface area contributed by atoms with E-state index in [2.05, 4.69) is 11.8 Å². The minimum absolute atomic E-state index is 0.000750. The molecule has 2 aliphatic heterocycles. The number of hydrogen-bond donors (Lipinski definition) is 1. The van der Waals surface area contributed by atoms with Gasteiger partial charge in [0.2, 0.25) is 11.8 Å². The Morgan fingerprint density at radius 1 is 1.15 bits per heavy atom. The Hall–Kier alpha value is -1.10. The summed E-state index contributed by atoms with van der Waals surface area (Å²) in [7, 11) is 0. The Balaban J connectivity index is 1.76. The number of carbonyl (C=O) groups is 2. The second kappa shape index (κ2) is 7.07. The minimum atomic E-state index is -0.196. The van der Waals surface area contributed by atoms with E-state index in [1.165, 1.54) is 6.42 Å². The number of primary amides is 1. The van der Waals surface area contributed by atoms with Crippen LogP contribution in [0.1, 0.15) is 39.0 Å². The molecule has 0 saturated carbocycles. The van der Waals surface area contributed by atoms with Crippen molar-refractivity contribution in [1.82, 2.24) is 9.80 Å². The average molecular weight is 281 g/mol. The average Bonchev–Trinajstić information content (AvgIpc) is 2.47. The van der Waals surface area contributed by atoms with E-state index in [0.29, 0.717) is 12.5 Å². The van der Waals surface area contributed by atoms with Gasteiger partial charge in [-0.2, -0.15) is 0 Å². The van der Waals surface area contributed by atoms with Crippen molar-refractivity contribution in [1.29, 1.82) is 0 Å². The Bertz CT molecular complexity index is 351. The second-order valence-corrected chi connectivity index (χ2v) is 6.21. The fourth-order valence-corrected chi connectivity index (χ4v) is 3.29. The highest BCUT2D eigenvalue weighted by molar-refractivity contribution is 5.79. The zero-order valence-electron chi connectivity index (χ0n) is 12.5. The molecule has 5 heteroatoms. The van der Waals surface area contributed by atoms with Gasteiger partial charge in [0.25, 0.3) is 0 Å². The largest absolute Gasteiger partial charge is 0.369 e. The van der Waals surface area contributed by atoms with Gasteiger partial charge < -0.3 is 10.6 Å². The van der Waals surface area contributed by atoms with Gasteiger partial charge in [0.1, 0.15) is 0 Å². The quantitative estimate of drug-likeness (QED) is 0.830. The zero-order chi connectivity index (χ0) is 14.5. The number of nitrogens with two attached hydrogens (primary N) is 1. The number of rotatable bonds is 4. The van der Waals surface area contributed by atoms with Crippen LogP contribution in [0.5, 0.6) is 0 Å². The van der Waals surface area contributed by atoms with Gasteiger partial charge in [-0.05, 0) is 44.7 Å². The summed E-state index contributed by atoms with van der Waals surface area (Å²) in [6, 6.07) is 0. The monoisotopic (exact) mass is 281 g/mol. The Morgan fingerprint density at radius 3 is 2.45 bits per heavy atom. The molecule has 0 radical (unpaired) electrons. The van der Waals surface area contributed by atoms with Crippen molar-refractivity contribution >= 4 is 11.8 Å². The summed E-state index contributed by atoms with van der Waals surface area (Å²) >= 11 is 0. The van der Waals surface area contributed by atoms with Gasteiger partial charge >= 0.3 is 0 Å². The van der Waals surface area contributed by atoms with E-state index >= 15 is 0 Å². The lowest BCUT2D eigenvalue weighted by molar-refractivity contribution is -0.134. The fraction of sp³-hybridized carbons (Fsp3) is 0.867. The van der Waals surface area contributed by atoms with E-state index in [-0.39, 0.29) is 17.7 Å². The van der Waals surface area contributed by atoms with Crippen molar-refractivity contribution in [2.45, 2.75) is 39.0 Å². The normalized spacial score (nSPS) is 25.6. The van der Waals surface area contributed by atoms with Crippen molar-refractivity contribution < 1.29 is 9.59 Å². The number of likely N-dealkylation sites (tertiary alicyclic amines) is 2. The molecule has 2 N–H and O–H groups in total. The van der Waals surface area contributed by atoms with Crippen LogP contribution in [0.15, 0.2) is 0 Å². The van der Waals surface area contributed by atoms with Crippen molar-refractivity contribution in [3.63, 3.8) is 0 Å². The number of amides is 2. The van der Waals surface area contributed by atoms with Crippen LogP contribution >= 0.6 is 0 Å². The molecule has 0 aromatic heterocycles. The Morgan fingerprint density at radius 2 is 1.85 bits per heavy atom. The number of carbonyl (C=O) groups excluding carboxylic acids is 2. The molecule has 0 spiro atoms. The van der Waals surface area contributed by atoms with Crippen LogP contribution in [0.2, 0.25) is 0 Å². The van der Waals surface area contributed by atoms with Crippen molar-refractivity contribution in [3.8, 4) is 0 Å². The fourth-order valence-electron chi connectivity index (χ4n) is 3.29. The third kappa shape index (κ3) is 3.95. The molecule has 1 atom stereocenters. The smallest absolute Gasteiger partial charge is 0.236 e. The molecule has 20 heavy (non-hydrogen) atoms. The molecule has 0 bridgehead atoms. The summed E-state index contributed by atoms with van der Waals surface area (Å²) in [5.41, 5.74) is 5.33. The lowest BCUT2D eigenvalue weighted by atomic mass is 9.95. The summed E-state index contributed by atoms with van der Waals surface area (Å²) in [5, 5.41) is 0. The van der Waals surface area contributed by atoms with Crippen LogP contribution in [-0.2, 0) is 9.59 Å². The second-order valence-electron chi connectivity index (χ2n) is 6.21. The lowest BCUT2D eigenvalue weighted by Crippen LogP contribution is -2.47. The van der Waals surface area contributed by atoms with Crippen LogP contribution in [-0.4, -0.2) is 54.3 Å². The van der Waals surface area contributed by atoms with Crippen molar-refractivity contribution in [3.05, 3.63) is 0 Å². The van der Waals surface area contributed by atoms with Crippen LogP contribution in [0.3, 0.4) is 0 Å². The molecular formula is C15H27N3O2. The summed E-state index contributed by atoms with van der Waals surface area (Å²) in [5.74, 6) is 0.729. The minimum Gasteiger partial charge on any atom is -0.369 e.